The average Bonchev–Trinajstić information content (AvgIpc) is 3.20. The molecule has 126 valence electrons. The van der Waals surface area contributed by atoms with E-state index in [-0.39, 0.29) is 24.8 Å². The molecule has 24 heavy (non-hydrogen) atoms. The van der Waals surface area contributed by atoms with E-state index in [1.165, 1.54) is 0 Å². The Morgan fingerprint density at radius 1 is 1.29 bits per heavy atom. The highest BCUT2D eigenvalue weighted by Crippen LogP contribution is 2.24. The quantitative estimate of drug-likeness (QED) is 0.911. The third-order valence-electron chi connectivity index (χ3n) is 4.45. The maximum Gasteiger partial charge on any atom is 0.308 e. The second-order valence-electron chi connectivity index (χ2n) is 6.21. The van der Waals surface area contributed by atoms with Crippen LogP contribution in [0.25, 0.3) is 11.3 Å². The number of carbonyl (C=O) groups is 2. The minimum Gasteiger partial charge on any atom is -0.481 e. The Morgan fingerprint density at radius 2 is 2.04 bits per heavy atom. The number of carboxylic acids is 1. The minimum absolute atomic E-state index is 0.0159. The van der Waals surface area contributed by atoms with Gasteiger partial charge in [-0.05, 0) is 5.92 Å². The molecule has 3 rings (SSSR count). The molecule has 1 aliphatic rings. The number of amides is 1. The number of hydrogen-bond donors (Lipinski definition) is 1. The van der Waals surface area contributed by atoms with Crippen LogP contribution in [0.2, 0.25) is 0 Å². The van der Waals surface area contributed by atoms with Crippen LogP contribution in [0.5, 0.6) is 0 Å². The Morgan fingerprint density at radius 3 is 2.71 bits per heavy atom. The summed E-state index contributed by atoms with van der Waals surface area (Å²) in [6.07, 6.45) is 2.34. The van der Waals surface area contributed by atoms with E-state index in [9.17, 15) is 9.59 Å². The molecule has 1 aromatic carbocycles. The van der Waals surface area contributed by atoms with Gasteiger partial charge < -0.3 is 14.4 Å². The van der Waals surface area contributed by atoms with E-state index in [1.807, 2.05) is 37.3 Å². The number of rotatable bonds is 5. The summed E-state index contributed by atoms with van der Waals surface area (Å²) in [4.78, 5) is 29.3. The molecule has 6 nitrogen and oxygen atoms in total. The number of aryl methyl sites for hydroxylation is 1. The summed E-state index contributed by atoms with van der Waals surface area (Å²) < 4.78 is 5.69. The van der Waals surface area contributed by atoms with Crippen LogP contribution in [-0.4, -0.2) is 40.0 Å². The first-order valence-corrected chi connectivity index (χ1v) is 8.05. The Bertz CT molecular complexity index is 726. The van der Waals surface area contributed by atoms with E-state index in [0.29, 0.717) is 24.6 Å². The van der Waals surface area contributed by atoms with Gasteiger partial charge in [0, 0.05) is 31.5 Å². The van der Waals surface area contributed by atoms with E-state index in [2.05, 4.69) is 4.98 Å². The first-order valence-electron chi connectivity index (χ1n) is 8.05. The largest absolute Gasteiger partial charge is 0.481 e. The van der Waals surface area contributed by atoms with Gasteiger partial charge in [0.25, 0.3) is 0 Å². The molecule has 0 unspecified atom stereocenters. The van der Waals surface area contributed by atoms with Gasteiger partial charge in [0.15, 0.2) is 11.7 Å². The number of benzene rings is 1. The lowest BCUT2D eigenvalue weighted by Crippen LogP contribution is -2.30. The molecular weight excluding hydrogens is 308 g/mol. The van der Waals surface area contributed by atoms with Gasteiger partial charge in [0.1, 0.15) is 0 Å². The molecule has 1 N–H and O–H groups in total. The predicted octanol–water partition coefficient (Wildman–Crippen LogP) is 2.45. The average molecular weight is 328 g/mol. The second kappa shape index (κ2) is 6.86. The number of oxazole rings is 1. The highest BCUT2D eigenvalue weighted by atomic mass is 16.4. The monoisotopic (exact) mass is 328 g/mol. The number of carboxylic acid groups (broad SMARTS) is 1. The minimum atomic E-state index is -0.835. The number of carbonyl (C=O) groups excluding carboxylic acids is 1. The Balaban J connectivity index is 1.56. The molecule has 0 radical (unpaired) electrons. The van der Waals surface area contributed by atoms with E-state index in [0.717, 1.165) is 5.56 Å². The van der Waals surface area contributed by atoms with Crippen molar-refractivity contribution in [1.82, 2.24) is 9.88 Å². The van der Waals surface area contributed by atoms with E-state index < -0.39 is 11.9 Å². The summed E-state index contributed by atoms with van der Waals surface area (Å²) in [7, 11) is 0. The van der Waals surface area contributed by atoms with Gasteiger partial charge >= 0.3 is 5.97 Å². The van der Waals surface area contributed by atoms with Crippen LogP contribution in [0.4, 0.5) is 0 Å². The van der Waals surface area contributed by atoms with Crippen molar-refractivity contribution >= 4 is 11.9 Å². The zero-order valence-corrected chi connectivity index (χ0v) is 13.5. The number of nitrogens with zero attached hydrogens (tertiary/aromatic N) is 2. The summed E-state index contributed by atoms with van der Waals surface area (Å²) in [5.74, 6) is -0.177. The van der Waals surface area contributed by atoms with Gasteiger partial charge in [-0.1, -0.05) is 37.3 Å². The highest BCUT2D eigenvalue weighted by molar-refractivity contribution is 5.79. The molecule has 2 atom stereocenters. The first-order chi connectivity index (χ1) is 11.5. The van der Waals surface area contributed by atoms with Crippen LogP contribution in [0.1, 0.15) is 19.2 Å². The molecule has 1 aliphatic heterocycles. The SMILES string of the molecule is C[C@@H]1CN(C(=O)CCc2ncc(-c3ccccc3)o2)C[C@H]1C(=O)O. The van der Waals surface area contributed by atoms with Crippen molar-refractivity contribution in [1.29, 1.82) is 0 Å². The molecule has 2 aromatic rings. The molecule has 1 fully saturated rings. The summed E-state index contributed by atoms with van der Waals surface area (Å²) in [5, 5.41) is 9.14. The fraction of sp³-hybridized carbons (Fsp3) is 0.389. The van der Waals surface area contributed by atoms with Gasteiger partial charge in [-0.2, -0.15) is 0 Å². The third-order valence-corrected chi connectivity index (χ3v) is 4.45. The number of aliphatic carboxylic acids is 1. The maximum absolute atomic E-state index is 12.3. The van der Waals surface area contributed by atoms with Crippen molar-refractivity contribution in [2.45, 2.75) is 19.8 Å². The number of aromatic nitrogens is 1. The van der Waals surface area contributed by atoms with Gasteiger partial charge in [0.2, 0.25) is 5.91 Å². The maximum atomic E-state index is 12.3. The lowest BCUT2D eigenvalue weighted by atomic mass is 9.99. The number of likely N-dealkylation sites (tertiary alicyclic amines) is 1. The highest BCUT2D eigenvalue weighted by Gasteiger charge is 2.36. The number of hydrogen-bond acceptors (Lipinski definition) is 4. The lowest BCUT2D eigenvalue weighted by molar-refractivity contribution is -0.142. The summed E-state index contributed by atoms with van der Waals surface area (Å²) in [6.45, 7) is 2.65. The molecule has 1 aromatic heterocycles. The molecule has 6 heteroatoms. The van der Waals surface area contributed by atoms with Crippen molar-refractivity contribution in [3.05, 3.63) is 42.4 Å². The van der Waals surface area contributed by atoms with E-state index in [4.69, 9.17) is 9.52 Å². The van der Waals surface area contributed by atoms with E-state index >= 15 is 0 Å². The lowest BCUT2D eigenvalue weighted by Gasteiger charge is -2.15. The molecular formula is C18H20N2O4. The van der Waals surface area contributed by atoms with Crippen molar-refractivity contribution < 1.29 is 19.1 Å². The zero-order valence-electron chi connectivity index (χ0n) is 13.5. The summed E-state index contributed by atoms with van der Waals surface area (Å²) in [5.41, 5.74) is 0.945. The van der Waals surface area contributed by atoms with Crippen molar-refractivity contribution in [3.63, 3.8) is 0 Å². The third kappa shape index (κ3) is 3.48. The van der Waals surface area contributed by atoms with Crippen LogP contribution in [0, 0.1) is 11.8 Å². The Hall–Kier alpha value is -2.63. The first kappa shape index (κ1) is 16.2. The second-order valence-corrected chi connectivity index (χ2v) is 6.21. The zero-order chi connectivity index (χ0) is 17.1. The van der Waals surface area contributed by atoms with E-state index in [1.54, 1.807) is 11.1 Å². The topological polar surface area (TPSA) is 83.6 Å². The fourth-order valence-corrected chi connectivity index (χ4v) is 3.03. The molecule has 0 spiro atoms. The van der Waals surface area contributed by atoms with Crippen molar-refractivity contribution in [3.8, 4) is 11.3 Å². The molecule has 1 amide bonds. The summed E-state index contributed by atoms with van der Waals surface area (Å²) in [6, 6.07) is 9.66. The summed E-state index contributed by atoms with van der Waals surface area (Å²) >= 11 is 0. The molecule has 0 bridgehead atoms. The van der Waals surface area contributed by atoms with Crippen LogP contribution < -0.4 is 0 Å². The van der Waals surface area contributed by atoms with Gasteiger partial charge in [-0.25, -0.2) is 4.98 Å². The van der Waals surface area contributed by atoms with Gasteiger partial charge in [0.05, 0.1) is 12.1 Å². The van der Waals surface area contributed by atoms with Crippen LogP contribution in [0.15, 0.2) is 40.9 Å². The van der Waals surface area contributed by atoms with Crippen molar-refractivity contribution in [2.75, 3.05) is 13.1 Å². The molecule has 2 heterocycles. The standard InChI is InChI=1S/C18H20N2O4/c1-12-10-20(11-14(12)18(22)23)17(21)8-7-16-19-9-15(24-16)13-5-3-2-4-6-13/h2-6,9,12,14H,7-8,10-11H2,1H3,(H,22,23)/t12-,14-/m1/s1. The molecule has 0 saturated carbocycles. The molecule has 0 aliphatic carbocycles. The predicted molar refractivity (Wildman–Crippen MR) is 87.1 cm³/mol. The van der Waals surface area contributed by atoms with Crippen LogP contribution >= 0.6 is 0 Å². The normalized spacial score (nSPS) is 20.3. The fourth-order valence-electron chi connectivity index (χ4n) is 3.03. The van der Waals surface area contributed by atoms with Crippen molar-refractivity contribution in [2.24, 2.45) is 11.8 Å². The van der Waals surface area contributed by atoms with Crippen LogP contribution in [-0.2, 0) is 16.0 Å². The van der Waals surface area contributed by atoms with Gasteiger partial charge in [-0.15, -0.1) is 0 Å². The smallest absolute Gasteiger partial charge is 0.308 e. The Kier molecular flexibility index (Phi) is 4.64. The Labute approximate surface area is 140 Å². The van der Waals surface area contributed by atoms with Crippen LogP contribution in [0.3, 0.4) is 0 Å². The molecule has 1 saturated heterocycles. The van der Waals surface area contributed by atoms with Gasteiger partial charge in [-0.3, -0.25) is 9.59 Å².